The van der Waals surface area contributed by atoms with Gasteiger partial charge in [0.05, 0.1) is 11.8 Å². The fraction of sp³-hybridized carbons (Fsp3) is 0.700. The number of carbonyl (C=O) groups excluding carboxylic acids is 2. The summed E-state index contributed by atoms with van der Waals surface area (Å²) in [4.78, 5) is 35.4. The van der Waals surface area contributed by atoms with E-state index in [-0.39, 0.29) is 23.7 Å². The molecule has 2 aliphatic heterocycles. The highest BCUT2D eigenvalue weighted by molar-refractivity contribution is 6.05. The smallest absolute Gasteiger partial charge is 0.320 e. The number of aliphatic carboxylic acids is 1. The van der Waals surface area contributed by atoms with Gasteiger partial charge in [-0.25, -0.2) is 0 Å². The lowest BCUT2D eigenvalue weighted by molar-refractivity contribution is -0.144. The maximum atomic E-state index is 11.5. The van der Waals surface area contributed by atoms with Gasteiger partial charge in [-0.3, -0.25) is 24.6 Å². The van der Waals surface area contributed by atoms with Gasteiger partial charge in [0, 0.05) is 6.54 Å². The zero-order chi connectivity index (χ0) is 11.9. The Kier molecular flexibility index (Phi) is 2.67. The van der Waals surface area contributed by atoms with Crippen LogP contribution in [0.5, 0.6) is 0 Å². The Bertz CT molecular complexity index is 355. The molecule has 0 bridgehead atoms. The summed E-state index contributed by atoms with van der Waals surface area (Å²) in [7, 11) is 0. The quantitative estimate of drug-likeness (QED) is 0.593. The molecule has 2 aliphatic rings. The second-order valence-corrected chi connectivity index (χ2v) is 4.36. The van der Waals surface area contributed by atoms with Crippen LogP contribution in [0.2, 0.25) is 0 Å². The second kappa shape index (κ2) is 3.86. The van der Waals surface area contributed by atoms with E-state index in [0.717, 1.165) is 0 Å². The SMILES string of the molecule is C[C@H](C(=O)O)N1CC[C@@H]2C(=O)NC(=O)[C@H]2C1. The lowest BCUT2D eigenvalue weighted by Gasteiger charge is -2.34. The average Bonchev–Trinajstić information content (AvgIpc) is 2.53. The topological polar surface area (TPSA) is 86.7 Å². The number of carbonyl (C=O) groups is 3. The van der Waals surface area contributed by atoms with Crippen molar-refractivity contribution in [3.8, 4) is 0 Å². The number of rotatable bonds is 2. The van der Waals surface area contributed by atoms with Crippen molar-refractivity contribution >= 4 is 17.8 Å². The van der Waals surface area contributed by atoms with Crippen LogP contribution in [0.1, 0.15) is 13.3 Å². The van der Waals surface area contributed by atoms with Gasteiger partial charge in [-0.2, -0.15) is 0 Å². The Hall–Kier alpha value is -1.43. The van der Waals surface area contributed by atoms with Gasteiger partial charge in [0.2, 0.25) is 11.8 Å². The van der Waals surface area contributed by atoms with Gasteiger partial charge in [-0.1, -0.05) is 0 Å². The Morgan fingerprint density at radius 1 is 1.44 bits per heavy atom. The number of carboxylic acids is 1. The second-order valence-electron chi connectivity index (χ2n) is 4.36. The largest absolute Gasteiger partial charge is 0.480 e. The van der Waals surface area contributed by atoms with E-state index in [1.54, 1.807) is 11.8 Å². The summed E-state index contributed by atoms with van der Waals surface area (Å²) in [6.45, 7) is 2.50. The summed E-state index contributed by atoms with van der Waals surface area (Å²) < 4.78 is 0. The van der Waals surface area contributed by atoms with E-state index in [1.165, 1.54) is 0 Å². The van der Waals surface area contributed by atoms with Crippen LogP contribution in [-0.2, 0) is 14.4 Å². The number of likely N-dealkylation sites (tertiary alicyclic amines) is 1. The van der Waals surface area contributed by atoms with Crippen LogP contribution in [-0.4, -0.2) is 46.9 Å². The lowest BCUT2D eigenvalue weighted by Crippen LogP contribution is -2.48. The molecule has 2 N–H and O–H groups in total. The minimum absolute atomic E-state index is 0.211. The van der Waals surface area contributed by atoms with E-state index in [9.17, 15) is 14.4 Å². The Labute approximate surface area is 92.6 Å². The van der Waals surface area contributed by atoms with Crippen molar-refractivity contribution in [2.75, 3.05) is 13.1 Å². The van der Waals surface area contributed by atoms with Crippen LogP contribution in [0.3, 0.4) is 0 Å². The van der Waals surface area contributed by atoms with E-state index >= 15 is 0 Å². The van der Waals surface area contributed by atoms with Gasteiger partial charge in [-0.05, 0) is 19.9 Å². The molecule has 2 heterocycles. The first-order valence-corrected chi connectivity index (χ1v) is 5.32. The Morgan fingerprint density at radius 2 is 2.06 bits per heavy atom. The molecular formula is C10H14N2O4. The molecule has 0 unspecified atom stereocenters. The summed E-state index contributed by atoms with van der Waals surface area (Å²) in [5.74, 6) is -2.01. The highest BCUT2D eigenvalue weighted by Crippen LogP contribution is 2.29. The number of nitrogens with one attached hydrogen (secondary N) is 1. The molecule has 0 spiro atoms. The van der Waals surface area contributed by atoms with Crippen LogP contribution in [0.4, 0.5) is 0 Å². The summed E-state index contributed by atoms with van der Waals surface area (Å²) in [6.07, 6.45) is 0.555. The van der Waals surface area contributed by atoms with Crippen molar-refractivity contribution in [2.45, 2.75) is 19.4 Å². The number of amides is 2. The first-order chi connectivity index (χ1) is 7.50. The van der Waals surface area contributed by atoms with Crippen LogP contribution in [0, 0.1) is 11.8 Å². The van der Waals surface area contributed by atoms with Gasteiger partial charge in [0.1, 0.15) is 6.04 Å². The number of hydrogen-bond acceptors (Lipinski definition) is 4. The number of imide groups is 1. The molecule has 2 fully saturated rings. The van der Waals surface area contributed by atoms with Gasteiger partial charge < -0.3 is 5.11 Å². The number of carboxylic acid groups (broad SMARTS) is 1. The van der Waals surface area contributed by atoms with Crippen molar-refractivity contribution in [3.63, 3.8) is 0 Å². The van der Waals surface area contributed by atoms with Crippen molar-refractivity contribution in [1.29, 1.82) is 0 Å². The van der Waals surface area contributed by atoms with Crippen molar-refractivity contribution in [2.24, 2.45) is 11.8 Å². The molecule has 0 radical (unpaired) electrons. The maximum Gasteiger partial charge on any atom is 0.320 e. The zero-order valence-corrected chi connectivity index (χ0v) is 8.97. The summed E-state index contributed by atoms with van der Waals surface area (Å²) in [5, 5.41) is 11.2. The van der Waals surface area contributed by atoms with Gasteiger partial charge in [0.15, 0.2) is 0 Å². The normalized spacial score (nSPS) is 32.1. The van der Waals surface area contributed by atoms with Crippen molar-refractivity contribution in [3.05, 3.63) is 0 Å². The predicted molar refractivity (Wildman–Crippen MR) is 53.4 cm³/mol. The van der Waals surface area contributed by atoms with E-state index in [2.05, 4.69) is 5.32 Å². The standard InChI is InChI=1S/C10H14N2O4/c1-5(10(15)16)12-3-2-6-7(4-12)9(14)11-8(6)13/h5-7H,2-4H2,1H3,(H,15,16)(H,11,13,14)/t5-,6+,7+/m1/s1. The molecule has 0 aromatic carbocycles. The number of piperidine rings is 1. The maximum absolute atomic E-state index is 11.5. The van der Waals surface area contributed by atoms with E-state index in [0.29, 0.717) is 19.5 Å². The molecule has 2 saturated heterocycles. The van der Waals surface area contributed by atoms with E-state index in [4.69, 9.17) is 5.11 Å². The van der Waals surface area contributed by atoms with Crippen LogP contribution < -0.4 is 5.32 Å². The predicted octanol–water partition coefficient (Wildman–Crippen LogP) is -0.946. The third kappa shape index (κ3) is 1.69. The monoisotopic (exact) mass is 226 g/mol. The Morgan fingerprint density at radius 3 is 2.69 bits per heavy atom. The van der Waals surface area contributed by atoms with Crippen LogP contribution in [0.25, 0.3) is 0 Å². The van der Waals surface area contributed by atoms with Gasteiger partial charge in [0.25, 0.3) is 0 Å². The number of nitrogens with zero attached hydrogens (tertiary/aromatic N) is 1. The highest BCUT2D eigenvalue weighted by atomic mass is 16.4. The molecule has 0 aromatic rings. The highest BCUT2D eigenvalue weighted by Gasteiger charge is 2.45. The summed E-state index contributed by atoms with van der Waals surface area (Å²) in [6, 6.07) is -0.607. The average molecular weight is 226 g/mol. The third-order valence-corrected chi connectivity index (χ3v) is 3.47. The third-order valence-electron chi connectivity index (χ3n) is 3.47. The van der Waals surface area contributed by atoms with Gasteiger partial charge in [-0.15, -0.1) is 0 Å². The first kappa shape index (κ1) is 11.1. The van der Waals surface area contributed by atoms with Crippen molar-refractivity contribution in [1.82, 2.24) is 10.2 Å². The molecule has 6 heteroatoms. The number of fused-ring (bicyclic) bond motifs is 1. The fourth-order valence-electron chi connectivity index (χ4n) is 2.37. The van der Waals surface area contributed by atoms with Crippen LogP contribution in [0.15, 0.2) is 0 Å². The molecule has 2 rings (SSSR count). The first-order valence-electron chi connectivity index (χ1n) is 5.32. The molecule has 3 atom stereocenters. The minimum atomic E-state index is -0.900. The minimum Gasteiger partial charge on any atom is -0.480 e. The molecule has 0 aliphatic carbocycles. The molecule has 16 heavy (non-hydrogen) atoms. The molecule has 6 nitrogen and oxygen atoms in total. The number of hydrogen-bond donors (Lipinski definition) is 2. The summed E-state index contributed by atoms with van der Waals surface area (Å²) in [5.41, 5.74) is 0. The van der Waals surface area contributed by atoms with Crippen molar-refractivity contribution < 1.29 is 19.5 Å². The molecule has 0 aromatic heterocycles. The van der Waals surface area contributed by atoms with E-state index < -0.39 is 12.0 Å². The zero-order valence-electron chi connectivity index (χ0n) is 8.97. The van der Waals surface area contributed by atoms with Crippen LogP contribution >= 0.6 is 0 Å². The molecule has 0 saturated carbocycles. The molecule has 2 amide bonds. The summed E-state index contributed by atoms with van der Waals surface area (Å²) >= 11 is 0. The molecule has 88 valence electrons. The molecular weight excluding hydrogens is 212 g/mol. The lowest BCUT2D eigenvalue weighted by atomic mass is 9.87. The van der Waals surface area contributed by atoms with E-state index in [1.807, 2.05) is 0 Å². The van der Waals surface area contributed by atoms with Gasteiger partial charge >= 0.3 is 5.97 Å². The fourth-order valence-corrected chi connectivity index (χ4v) is 2.37. The Balaban J connectivity index is 2.08.